The summed E-state index contributed by atoms with van der Waals surface area (Å²) < 4.78 is 11.5. The molecular weight excluding hydrogens is 418 g/mol. The van der Waals surface area contributed by atoms with Crippen LogP contribution in [-0.4, -0.2) is 25.1 Å². The molecule has 0 unspecified atom stereocenters. The van der Waals surface area contributed by atoms with Crippen molar-refractivity contribution < 1.29 is 14.4 Å². The van der Waals surface area contributed by atoms with Gasteiger partial charge in [-0.2, -0.15) is 0 Å². The lowest BCUT2D eigenvalue weighted by molar-refractivity contribution is -0.384. The summed E-state index contributed by atoms with van der Waals surface area (Å²) in [5.41, 5.74) is 2.85. The summed E-state index contributed by atoms with van der Waals surface area (Å²) in [6.07, 6.45) is 0. The molecule has 8 heteroatoms. The summed E-state index contributed by atoms with van der Waals surface area (Å²) in [6, 6.07) is 19.8. The first-order valence-corrected chi connectivity index (χ1v) is 10.2. The van der Waals surface area contributed by atoms with Crippen molar-refractivity contribution in [1.82, 2.24) is 5.32 Å². The smallest absolute Gasteiger partial charge is 0.269 e. The Bertz CT molecular complexity index is 998. The minimum atomic E-state index is -0.415. The lowest BCUT2D eigenvalue weighted by Gasteiger charge is -2.16. The topological polar surface area (TPSA) is 85.7 Å². The molecule has 0 aliphatic rings. The van der Waals surface area contributed by atoms with Crippen LogP contribution < -0.4 is 20.1 Å². The molecular formula is C23H24ClN3O4. The van der Waals surface area contributed by atoms with Crippen molar-refractivity contribution in [2.75, 3.05) is 25.5 Å². The second-order valence-electron chi connectivity index (χ2n) is 6.78. The third-order valence-electron chi connectivity index (χ3n) is 4.57. The average Bonchev–Trinajstić information content (AvgIpc) is 2.78. The predicted molar refractivity (Wildman–Crippen MR) is 122 cm³/mol. The number of benzene rings is 3. The van der Waals surface area contributed by atoms with Gasteiger partial charge >= 0.3 is 0 Å². The van der Waals surface area contributed by atoms with E-state index in [2.05, 4.69) is 10.6 Å². The Morgan fingerprint density at radius 3 is 2.45 bits per heavy atom. The lowest BCUT2D eigenvalue weighted by atomic mass is 10.1. The summed E-state index contributed by atoms with van der Waals surface area (Å²) in [4.78, 5) is 10.3. The third kappa shape index (κ3) is 6.60. The molecule has 0 aliphatic carbocycles. The van der Waals surface area contributed by atoms with Gasteiger partial charge < -0.3 is 20.1 Å². The van der Waals surface area contributed by atoms with Gasteiger partial charge in [-0.3, -0.25) is 10.1 Å². The summed E-state index contributed by atoms with van der Waals surface area (Å²) in [5.74, 6) is 1.25. The molecule has 0 bridgehead atoms. The minimum absolute atomic E-state index is 0.0709. The zero-order chi connectivity index (χ0) is 22.1. The molecule has 0 heterocycles. The second kappa shape index (κ2) is 11.2. The number of rotatable bonds is 11. The average molecular weight is 442 g/mol. The van der Waals surface area contributed by atoms with Gasteiger partial charge in [0.1, 0.15) is 6.61 Å². The Labute approximate surface area is 186 Å². The van der Waals surface area contributed by atoms with Crippen LogP contribution in [0.4, 0.5) is 11.4 Å². The van der Waals surface area contributed by atoms with E-state index < -0.39 is 4.92 Å². The number of methoxy groups -OCH3 is 1. The first-order chi connectivity index (χ1) is 15.1. The molecule has 3 aromatic carbocycles. The van der Waals surface area contributed by atoms with Gasteiger partial charge in [0, 0.05) is 54.1 Å². The highest BCUT2D eigenvalue weighted by Crippen LogP contribution is 2.35. The molecule has 0 radical (unpaired) electrons. The summed E-state index contributed by atoms with van der Waals surface area (Å²) in [7, 11) is 1.59. The van der Waals surface area contributed by atoms with E-state index in [9.17, 15) is 10.1 Å². The SMILES string of the molecule is COc1cc(Cl)cc(CNCCNc2ccc([N+](=O)[O-])cc2)c1OCc1ccccc1. The van der Waals surface area contributed by atoms with Crippen molar-refractivity contribution in [2.24, 2.45) is 0 Å². The predicted octanol–water partition coefficient (Wildman–Crippen LogP) is 5.04. The molecule has 31 heavy (non-hydrogen) atoms. The van der Waals surface area contributed by atoms with E-state index in [-0.39, 0.29) is 5.69 Å². The van der Waals surface area contributed by atoms with Crippen LogP contribution >= 0.6 is 11.6 Å². The van der Waals surface area contributed by atoms with Gasteiger partial charge in [-0.1, -0.05) is 41.9 Å². The van der Waals surface area contributed by atoms with Gasteiger partial charge in [-0.15, -0.1) is 0 Å². The molecule has 0 saturated carbocycles. The Hall–Kier alpha value is -3.29. The van der Waals surface area contributed by atoms with Gasteiger partial charge in [0.05, 0.1) is 12.0 Å². The van der Waals surface area contributed by atoms with Crippen molar-refractivity contribution in [3.63, 3.8) is 0 Å². The highest BCUT2D eigenvalue weighted by Gasteiger charge is 2.13. The van der Waals surface area contributed by atoms with Crippen LogP contribution in [0.15, 0.2) is 66.7 Å². The van der Waals surface area contributed by atoms with Crippen LogP contribution in [-0.2, 0) is 13.2 Å². The van der Waals surface area contributed by atoms with Crippen LogP contribution in [0.2, 0.25) is 5.02 Å². The Morgan fingerprint density at radius 1 is 1.03 bits per heavy atom. The second-order valence-corrected chi connectivity index (χ2v) is 7.21. The normalized spacial score (nSPS) is 10.5. The number of nitrogens with zero attached hydrogens (tertiary/aromatic N) is 1. The highest BCUT2D eigenvalue weighted by atomic mass is 35.5. The standard InChI is InChI=1S/C23H24ClN3O4/c1-30-22-14-19(24)13-18(23(22)31-16-17-5-3-2-4-6-17)15-25-11-12-26-20-7-9-21(10-8-20)27(28)29/h2-10,13-14,25-26H,11-12,15-16H2,1H3. The number of hydrogen-bond donors (Lipinski definition) is 2. The Balaban J connectivity index is 1.56. The fourth-order valence-corrected chi connectivity index (χ4v) is 3.25. The molecule has 0 fully saturated rings. The molecule has 0 saturated heterocycles. The van der Waals surface area contributed by atoms with Crippen molar-refractivity contribution in [1.29, 1.82) is 0 Å². The zero-order valence-corrected chi connectivity index (χ0v) is 17.9. The number of non-ortho nitro benzene ring substituents is 1. The third-order valence-corrected chi connectivity index (χ3v) is 4.79. The molecule has 0 aliphatic heterocycles. The number of nitrogens with one attached hydrogen (secondary N) is 2. The van der Waals surface area contributed by atoms with Crippen molar-refractivity contribution in [3.05, 3.63) is 93.0 Å². The molecule has 7 nitrogen and oxygen atoms in total. The fraction of sp³-hybridized carbons (Fsp3) is 0.217. The highest BCUT2D eigenvalue weighted by molar-refractivity contribution is 6.30. The summed E-state index contributed by atoms with van der Waals surface area (Å²) in [5, 5.41) is 17.9. The maximum absolute atomic E-state index is 10.7. The maximum Gasteiger partial charge on any atom is 0.269 e. The largest absolute Gasteiger partial charge is 0.493 e. The van der Waals surface area contributed by atoms with Gasteiger partial charge in [0.2, 0.25) is 0 Å². The van der Waals surface area contributed by atoms with Crippen molar-refractivity contribution in [2.45, 2.75) is 13.2 Å². The number of ether oxygens (including phenoxy) is 2. The molecule has 0 amide bonds. The quantitative estimate of drug-likeness (QED) is 0.246. The van der Waals surface area contributed by atoms with E-state index in [0.717, 1.165) is 16.8 Å². The zero-order valence-electron chi connectivity index (χ0n) is 17.1. The lowest BCUT2D eigenvalue weighted by Crippen LogP contribution is -2.22. The number of anilines is 1. The van der Waals surface area contributed by atoms with Crippen LogP contribution in [0.25, 0.3) is 0 Å². The van der Waals surface area contributed by atoms with E-state index >= 15 is 0 Å². The van der Waals surface area contributed by atoms with Crippen LogP contribution in [0.1, 0.15) is 11.1 Å². The first-order valence-electron chi connectivity index (χ1n) is 9.79. The number of halogens is 1. The molecule has 162 valence electrons. The molecule has 0 atom stereocenters. The Kier molecular flexibility index (Phi) is 8.09. The van der Waals surface area contributed by atoms with E-state index in [1.54, 1.807) is 25.3 Å². The molecule has 2 N–H and O–H groups in total. The van der Waals surface area contributed by atoms with E-state index in [0.29, 0.717) is 42.8 Å². The van der Waals surface area contributed by atoms with Crippen molar-refractivity contribution >= 4 is 23.0 Å². The number of hydrogen-bond acceptors (Lipinski definition) is 6. The van der Waals surface area contributed by atoms with Gasteiger partial charge in [0.15, 0.2) is 11.5 Å². The fourth-order valence-electron chi connectivity index (χ4n) is 3.02. The number of nitro benzene ring substituents is 1. The monoisotopic (exact) mass is 441 g/mol. The van der Waals surface area contributed by atoms with Gasteiger partial charge in [0.25, 0.3) is 5.69 Å². The van der Waals surface area contributed by atoms with Gasteiger partial charge in [-0.25, -0.2) is 0 Å². The van der Waals surface area contributed by atoms with E-state index in [1.807, 2.05) is 36.4 Å². The summed E-state index contributed by atoms with van der Waals surface area (Å²) in [6.45, 7) is 2.29. The van der Waals surface area contributed by atoms with Crippen LogP contribution in [0.5, 0.6) is 11.5 Å². The maximum atomic E-state index is 10.7. The van der Waals surface area contributed by atoms with E-state index in [4.69, 9.17) is 21.1 Å². The van der Waals surface area contributed by atoms with Crippen LogP contribution in [0, 0.1) is 10.1 Å². The summed E-state index contributed by atoms with van der Waals surface area (Å²) >= 11 is 6.25. The van der Waals surface area contributed by atoms with Gasteiger partial charge in [-0.05, 0) is 23.8 Å². The molecule has 0 spiro atoms. The first kappa shape index (κ1) is 22.4. The number of nitro groups is 1. The molecule has 0 aromatic heterocycles. The minimum Gasteiger partial charge on any atom is -0.493 e. The molecule has 3 aromatic rings. The Morgan fingerprint density at radius 2 is 1.77 bits per heavy atom. The van der Waals surface area contributed by atoms with E-state index in [1.165, 1.54) is 12.1 Å². The molecule has 3 rings (SSSR count). The van der Waals surface area contributed by atoms with Crippen molar-refractivity contribution in [3.8, 4) is 11.5 Å². The van der Waals surface area contributed by atoms with Crippen LogP contribution in [0.3, 0.4) is 0 Å².